The molecular weight excluding hydrogens is 306 g/mol. The Kier molecular flexibility index (Phi) is 2.65. The van der Waals surface area contributed by atoms with Gasteiger partial charge in [0.05, 0.1) is 28.0 Å². The van der Waals surface area contributed by atoms with Crippen molar-refractivity contribution < 1.29 is 14.7 Å². The molecule has 0 saturated carbocycles. The van der Waals surface area contributed by atoms with Crippen LogP contribution < -0.4 is 0 Å². The molecule has 4 rings (SSSR count). The number of rotatable bonds is 1. The lowest BCUT2D eigenvalue weighted by Crippen LogP contribution is -2.27. The van der Waals surface area contributed by atoms with Crippen molar-refractivity contribution in [2.24, 2.45) is 0 Å². The highest BCUT2D eigenvalue weighted by molar-refractivity contribution is 6.34. The van der Waals surface area contributed by atoms with E-state index in [-0.39, 0.29) is 17.6 Å². The van der Waals surface area contributed by atoms with E-state index in [1.54, 1.807) is 29.0 Å². The summed E-state index contributed by atoms with van der Waals surface area (Å²) in [5.41, 5.74) is 1.36. The fourth-order valence-corrected chi connectivity index (χ4v) is 3.31. The number of fused-ring (bicyclic) bond motifs is 5. The van der Waals surface area contributed by atoms with Crippen LogP contribution in [0.25, 0.3) is 5.69 Å². The van der Waals surface area contributed by atoms with Crippen LogP contribution in [0.2, 0.25) is 5.02 Å². The lowest BCUT2D eigenvalue weighted by Gasteiger charge is -2.21. The van der Waals surface area contributed by atoms with Crippen molar-refractivity contribution in [2.45, 2.75) is 12.5 Å². The molecule has 1 N–H and O–H groups in total. The molecule has 2 aromatic rings. The number of carbonyl (C=O) groups excluding carboxylic acids is 1. The van der Waals surface area contributed by atoms with Gasteiger partial charge in [0.1, 0.15) is 6.33 Å². The molecule has 1 amide bonds. The Balaban J connectivity index is 2.09. The van der Waals surface area contributed by atoms with Gasteiger partial charge in [0, 0.05) is 6.20 Å². The first kappa shape index (κ1) is 13.1. The molecule has 0 saturated heterocycles. The number of nitrogens with zero attached hydrogens (tertiary/aromatic N) is 3. The van der Waals surface area contributed by atoms with Crippen LogP contribution >= 0.6 is 11.6 Å². The predicted molar refractivity (Wildman–Crippen MR) is 78.2 cm³/mol. The molecule has 3 heterocycles. The van der Waals surface area contributed by atoms with Gasteiger partial charge in [-0.1, -0.05) is 23.7 Å². The summed E-state index contributed by atoms with van der Waals surface area (Å²) >= 11 is 6.21. The van der Waals surface area contributed by atoms with Crippen LogP contribution in [0, 0.1) is 0 Å². The largest absolute Gasteiger partial charge is 0.476 e. The summed E-state index contributed by atoms with van der Waals surface area (Å²) in [6, 6.07) is 4.73. The molecule has 0 fully saturated rings. The van der Waals surface area contributed by atoms with Gasteiger partial charge < -0.3 is 10.0 Å². The topological polar surface area (TPSA) is 75.4 Å². The molecule has 2 aliphatic heterocycles. The third-order valence-corrected chi connectivity index (χ3v) is 4.30. The van der Waals surface area contributed by atoms with Crippen molar-refractivity contribution in [3.05, 3.63) is 58.8 Å². The van der Waals surface area contributed by atoms with Gasteiger partial charge in [0.25, 0.3) is 5.91 Å². The van der Waals surface area contributed by atoms with E-state index in [1.807, 2.05) is 6.08 Å². The number of benzene rings is 1. The van der Waals surface area contributed by atoms with E-state index in [4.69, 9.17) is 11.6 Å². The molecule has 0 aliphatic carbocycles. The molecular formula is C15H10ClN3O3. The molecule has 110 valence electrons. The summed E-state index contributed by atoms with van der Waals surface area (Å²) in [5.74, 6) is -1.35. The number of aromatic nitrogens is 2. The maximum Gasteiger partial charge on any atom is 0.356 e. The first-order chi connectivity index (χ1) is 10.6. The average molecular weight is 316 g/mol. The van der Waals surface area contributed by atoms with Crippen molar-refractivity contribution in [2.75, 3.05) is 0 Å². The van der Waals surface area contributed by atoms with Crippen molar-refractivity contribution in [3.63, 3.8) is 0 Å². The molecule has 0 spiro atoms. The Morgan fingerprint density at radius 1 is 1.41 bits per heavy atom. The normalized spacial score (nSPS) is 18.7. The summed E-state index contributed by atoms with van der Waals surface area (Å²) in [4.78, 5) is 29.8. The SMILES string of the molecule is O=C(O)c1ncn2c1[C@@H]1CC=CN1C(=O)c1c(Cl)cccc1-2. The maximum atomic E-state index is 12.8. The Labute approximate surface area is 130 Å². The highest BCUT2D eigenvalue weighted by Crippen LogP contribution is 2.40. The number of hydrogen-bond acceptors (Lipinski definition) is 3. The summed E-state index contributed by atoms with van der Waals surface area (Å²) in [5, 5.41) is 9.72. The van der Waals surface area contributed by atoms with E-state index >= 15 is 0 Å². The van der Waals surface area contributed by atoms with E-state index < -0.39 is 5.97 Å². The Bertz CT molecular complexity index is 856. The zero-order valence-corrected chi connectivity index (χ0v) is 12.0. The van der Waals surface area contributed by atoms with Gasteiger partial charge in [-0.2, -0.15) is 0 Å². The van der Waals surface area contributed by atoms with E-state index in [0.717, 1.165) is 0 Å². The number of carboxylic acid groups (broad SMARTS) is 1. The standard InChI is InChI=1S/C15H10ClN3O3/c16-8-3-1-4-9-11(8)14(20)18-6-2-5-10(18)13-12(15(21)22)17-7-19(9)13/h1-4,6-7,10H,5H2,(H,21,22)/t10-/m0/s1. The molecule has 0 unspecified atom stereocenters. The van der Waals surface area contributed by atoms with Crippen LogP contribution in [-0.2, 0) is 0 Å². The molecule has 6 nitrogen and oxygen atoms in total. The van der Waals surface area contributed by atoms with E-state index in [9.17, 15) is 14.7 Å². The number of amides is 1. The molecule has 2 aliphatic rings. The molecule has 1 aromatic carbocycles. The number of carbonyl (C=O) groups is 2. The van der Waals surface area contributed by atoms with Gasteiger partial charge in [0.15, 0.2) is 5.69 Å². The van der Waals surface area contributed by atoms with Gasteiger partial charge in [-0.15, -0.1) is 0 Å². The number of aromatic carboxylic acids is 1. The van der Waals surface area contributed by atoms with Crippen LogP contribution in [-0.4, -0.2) is 31.4 Å². The van der Waals surface area contributed by atoms with Gasteiger partial charge in [-0.05, 0) is 18.6 Å². The summed E-state index contributed by atoms with van der Waals surface area (Å²) in [6.07, 6.45) is 5.49. The van der Waals surface area contributed by atoms with Crippen LogP contribution in [0.1, 0.15) is 39.0 Å². The van der Waals surface area contributed by atoms with E-state index in [2.05, 4.69) is 4.98 Å². The minimum absolute atomic E-state index is 0.0423. The third-order valence-electron chi connectivity index (χ3n) is 3.98. The van der Waals surface area contributed by atoms with Gasteiger partial charge in [-0.3, -0.25) is 9.36 Å². The lowest BCUT2D eigenvalue weighted by atomic mass is 10.1. The second-order valence-corrected chi connectivity index (χ2v) is 5.54. The predicted octanol–water partition coefficient (Wildman–Crippen LogP) is 2.64. The van der Waals surface area contributed by atoms with Crippen LogP contribution in [0.15, 0.2) is 36.8 Å². The molecule has 22 heavy (non-hydrogen) atoms. The number of hydrogen-bond donors (Lipinski definition) is 1. The Hall–Kier alpha value is -2.60. The first-order valence-electron chi connectivity index (χ1n) is 6.68. The Morgan fingerprint density at radius 2 is 2.23 bits per heavy atom. The molecule has 0 bridgehead atoms. The first-order valence-corrected chi connectivity index (χ1v) is 7.06. The van der Waals surface area contributed by atoms with Gasteiger partial charge >= 0.3 is 5.97 Å². The van der Waals surface area contributed by atoms with Crippen LogP contribution in [0.3, 0.4) is 0 Å². The van der Waals surface area contributed by atoms with Gasteiger partial charge in [-0.25, -0.2) is 9.78 Å². The maximum absolute atomic E-state index is 12.8. The second kappa shape index (κ2) is 4.45. The fraction of sp³-hybridized carbons (Fsp3) is 0.133. The van der Waals surface area contributed by atoms with Crippen molar-refractivity contribution in [1.29, 1.82) is 0 Å². The number of carboxylic acids is 1. The number of halogens is 1. The van der Waals surface area contributed by atoms with Crippen LogP contribution in [0.5, 0.6) is 0 Å². The molecule has 0 radical (unpaired) electrons. The van der Waals surface area contributed by atoms with Crippen molar-refractivity contribution in [1.82, 2.24) is 14.5 Å². The number of imidazole rings is 1. The smallest absolute Gasteiger partial charge is 0.356 e. The van der Waals surface area contributed by atoms with Gasteiger partial charge in [0.2, 0.25) is 0 Å². The minimum Gasteiger partial charge on any atom is -0.476 e. The highest BCUT2D eigenvalue weighted by atomic mass is 35.5. The molecule has 1 atom stereocenters. The van der Waals surface area contributed by atoms with E-state index in [0.29, 0.717) is 28.4 Å². The quantitative estimate of drug-likeness (QED) is 0.877. The average Bonchev–Trinajstić information content (AvgIpc) is 3.10. The highest BCUT2D eigenvalue weighted by Gasteiger charge is 2.38. The zero-order valence-electron chi connectivity index (χ0n) is 11.2. The summed E-state index contributed by atoms with van der Waals surface area (Å²) in [7, 11) is 0. The Morgan fingerprint density at radius 3 is 3.00 bits per heavy atom. The molecule has 7 heteroatoms. The lowest BCUT2D eigenvalue weighted by molar-refractivity contribution is 0.0680. The molecule has 1 aromatic heterocycles. The minimum atomic E-state index is -1.11. The monoisotopic (exact) mass is 315 g/mol. The van der Waals surface area contributed by atoms with Crippen LogP contribution in [0.4, 0.5) is 0 Å². The summed E-state index contributed by atoms with van der Waals surface area (Å²) < 4.78 is 1.65. The third kappa shape index (κ3) is 1.58. The van der Waals surface area contributed by atoms with Crippen molar-refractivity contribution in [3.8, 4) is 5.69 Å². The van der Waals surface area contributed by atoms with E-state index in [1.165, 1.54) is 11.2 Å². The summed E-state index contributed by atoms with van der Waals surface area (Å²) in [6.45, 7) is 0. The second-order valence-electron chi connectivity index (χ2n) is 5.14. The fourth-order valence-electron chi connectivity index (χ4n) is 3.06. The zero-order chi connectivity index (χ0) is 15.4. The van der Waals surface area contributed by atoms with Crippen molar-refractivity contribution >= 4 is 23.5 Å².